The van der Waals surface area contributed by atoms with Gasteiger partial charge in [-0.25, -0.2) is 4.98 Å². The second-order valence-electron chi connectivity index (χ2n) is 4.31. The molecule has 18 heavy (non-hydrogen) atoms. The van der Waals surface area contributed by atoms with E-state index in [1.807, 2.05) is 37.5 Å². The van der Waals surface area contributed by atoms with Gasteiger partial charge in [0.2, 0.25) is 0 Å². The van der Waals surface area contributed by atoms with E-state index in [0.717, 1.165) is 23.6 Å². The SMILES string of the molecule is Cc1ncn(CCOc2ccc(CN)cc2)c1C. The molecule has 1 aromatic carbocycles. The summed E-state index contributed by atoms with van der Waals surface area (Å²) in [6.07, 6.45) is 1.85. The molecule has 0 saturated heterocycles. The predicted octanol–water partition coefficient (Wildman–Crippen LogP) is 2.04. The Labute approximate surface area is 107 Å². The molecule has 0 unspecified atom stereocenters. The molecule has 0 saturated carbocycles. The number of nitrogens with two attached hydrogens (primary N) is 1. The van der Waals surface area contributed by atoms with E-state index in [9.17, 15) is 0 Å². The Morgan fingerprint density at radius 2 is 1.94 bits per heavy atom. The summed E-state index contributed by atoms with van der Waals surface area (Å²) in [6.45, 7) is 6.09. The highest BCUT2D eigenvalue weighted by Crippen LogP contribution is 2.12. The van der Waals surface area contributed by atoms with Crippen LogP contribution in [0.4, 0.5) is 0 Å². The molecular formula is C14H19N3O. The van der Waals surface area contributed by atoms with Gasteiger partial charge in [0.15, 0.2) is 0 Å². The summed E-state index contributed by atoms with van der Waals surface area (Å²) in [5.74, 6) is 0.877. The van der Waals surface area contributed by atoms with Crippen LogP contribution in [-0.4, -0.2) is 16.2 Å². The molecule has 4 heteroatoms. The number of imidazole rings is 1. The molecule has 0 fully saturated rings. The van der Waals surface area contributed by atoms with Gasteiger partial charge in [-0.15, -0.1) is 0 Å². The standard InChI is InChI=1S/C14H19N3O/c1-11-12(2)17(10-16-11)7-8-18-14-5-3-13(9-15)4-6-14/h3-6,10H,7-9,15H2,1-2H3. The summed E-state index contributed by atoms with van der Waals surface area (Å²) >= 11 is 0. The monoisotopic (exact) mass is 245 g/mol. The fourth-order valence-electron chi connectivity index (χ4n) is 1.75. The first-order valence-corrected chi connectivity index (χ1v) is 6.11. The molecule has 1 heterocycles. The first kappa shape index (κ1) is 12.6. The van der Waals surface area contributed by atoms with Crippen LogP contribution in [-0.2, 0) is 13.1 Å². The summed E-state index contributed by atoms with van der Waals surface area (Å²) in [7, 11) is 0. The fraction of sp³-hybridized carbons (Fsp3) is 0.357. The van der Waals surface area contributed by atoms with Crippen LogP contribution in [0.5, 0.6) is 5.75 Å². The third-order valence-electron chi connectivity index (χ3n) is 3.11. The molecule has 0 spiro atoms. The molecule has 2 aromatic rings. The van der Waals surface area contributed by atoms with Crippen molar-refractivity contribution >= 4 is 0 Å². The lowest BCUT2D eigenvalue weighted by atomic mass is 10.2. The minimum atomic E-state index is 0.563. The van der Waals surface area contributed by atoms with Gasteiger partial charge < -0.3 is 15.0 Å². The Morgan fingerprint density at radius 3 is 2.50 bits per heavy atom. The molecule has 96 valence electrons. The minimum Gasteiger partial charge on any atom is -0.492 e. The molecule has 2 N–H and O–H groups in total. The van der Waals surface area contributed by atoms with Gasteiger partial charge in [-0.2, -0.15) is 0 Å². The Kier molecular flexibility index (Phi) is 3.99. The third kappa shape index (κ3) is 2.90. The van der Waals surface area contributed by atoms with Gasteiger partial charge in [0.05, 0.1) is 18.6 Å². The van der Waals surface area contributed by atoms with Gasteiger partial charge in [-0.1, -0.05) is 12.1 Å². The largest absolute Gasteiger partial charge is 0.492 e. The summed E-state index contributed by atoms with van der Waals surface area (Å²) in [6, 6.07) is 7.88. The summed E-state index contributed by atoms with van der Waals surface area (Å²) < 4.78 is 7.79. The average Bonchev–Trinajstić information content (AvgIpc) is 2.71. The second kappa shape index (κ2) is 5.69. The molecule has 0 aliphatic heterocycles. The number of benzene rings is 1. The number of rotatable bonds is 5. The minimum absolute atomic E-state index is 0.563. The highest BCUT2D eigenvalue weighted by molar-refractivity contribution is 5.27. The molecule has 0 bridgehead atoms. The normalized spacial score (nSPS) is 10.6. The van der Waals surface area contributed by atoms with Crippen molar-refractivity contribution in [2.75, 3.05) is 6.61 Å². The number of nitrogens with zero attached hydrogens (tertiary/aromatic N) is 2. The van der Waals surface area contributed by atoms with E-state index in [2.05, 4.69) is 16.5 Å². The zero-order chi connectivity index (χ0) is 13.0. The topological polar surface area (TPSA) is 53.1 Å². The maximum absolute atomic E-state index is 5.68. The van der Waals surface area contributed by atoms with Crippen molar-refractivity contribution in [1.29, 1.82) is 0 Å². The number of hydrogen-bond donors (Lipinski definition) is 1. The van der Waals surface area contributed by atoms with Gasteiger partial charge in [0.1, 0.15) is 12.4 Å². The first-order valence-electron chi connectivity index (χ1n) is 6.11. The lowest BCUT2D eigenvalue weighted by molar-refractivity contribution is 0.297. The highest BCUT2D eigenvalue weighted by Gasteiger charge is 2.01. The van der Waals surface area contributed by atoms with Crippen molar-refractivity contribution in [2.24, 2.45) is 5.73 Å². The van der Waals surface area contributed by atoms with E-state index < -0.39 is 0 Å². The Hall–Kier alpha value is -1.81. The van der Waals surface area contributed by atoms with E-state index in [0.29, 0.717) is 13.2 Å². The highest BCUT2D eigenvalue weighted by atomic mass is 16.5. The average molecular weight is 245 g/mol. The van der Waals surface area contributed by atoms with E-state index >= 15 is 0 Å². The van der Waals surface area contributed by atoms with Crippen LogP contribution < -0.4 is 10.5 Å². The molecule has 0 aliphatic rings. The van der Waals surface area contributed by atoms with Gasteiger partial charge in [-0.3, -0.25) is 0 Å². The molecule has 0 atom stereocenters. The van der Waals surface area contributed by atoms with Crippen LogP contribution >= 0.6 is 0 Å². The summed E-state index contributed by atoms with van der Waals surface area (Å²) in [5, 5.41) is 0. The molecule has 0 amide bonds. The van der Waals surface area contributed by atoms with Crippen LogP contribution in [0.2, 0.25) is 0 Å². The maximum atomic E-state index is 5.68. The van der Waals surface area contributed by atoms with E-state index in [4.69, 9.17) is 10.5 Å². The molecule has 1 aromatic heterocycles. The van der Waals surface area contributed by atoms with Crippen LogP contribution in [0.3, 0.4) is 0 Å². The number of ether oxygens (including phenoxy) is 1. The number of aromatic nitrogens is 2. The molecule has 0 aliphatic carbocycles. The van der Waals surface area contributed by atoms with Gasteiger partial charge >= 0.3 is 0 Å². The van der Waals surface area contributed by atoms with Crippen molar-refractivity contribution in [2.45, 2.75) is 26.9 Å². The van der Waals surface area contributed by atoms with Crippen molar-refractivity contribution in [3.63, 3.8) is 0 Å². The van der Waals surface area contributed by atoms with Crippen LogP contribution in [0, 0.1) is 13.8 Å². The first-order chi connectivity index (χ1) is 8.70. The molecule has 0 radical (unpaired) electrons. The van der Waals surface area contributed by atoms with Crippen molar-refractivity contribution in [3.05, 3.63) is 47.5 Å². The lowest BCUT2D eigenvalue weighted by Crippen LogP contribution is -2.08. The Bertz CT molecular complexity index is 502. The smallest absolute Gasteiger partial charge is 0.119 e. The van der Waals surface area contributed by atoms with E-state index in [1.165, 1.54) is 5.69 Å². The summed E-state index contributed by atoms with van der Waals surface area (Å²) in [5.41, 5.74) is 8.92. The molecular weight excluding hydrogens is 226 g/mol. The predicted molar refractivity (Wildman–Crippen MR) is 71.5 cm³/mol. The lowest BCUT2D eigenvalue weighted by Gasteiger charge is -2.08. The zero-order valence-corrected chi connectivity index (χ0v) is 10.9. The van der Waals surface area contributed by atoms with Crippen LogP contribution in [0.1, 0.15) is 17.0 Å². The van der Waals surface area contributed by atoms with E-state index in [1.54, 1.807) is 0 Å². The molecule has 2 rings (SSSR count). The number of hydrogen-bond acceptors (Lipinski definition) is 3. The zero-order valence-electron chi connectivity index (χ0n) is 10.9. The number of aryl methyl sites for hydroxylation is 1. The second-order valence-corrected chi connectivity index (χ2v) is 4.31. The van der Waals surface area contributed by atoms with Crippen molar-refractivity contribution in [3.8, 4) is 5.75 Å². The Balaban J connectivity index is 1.86. The fourth-order valence-corrected chi connectivity index (χ4v) is 1.75. The third-order valence-corrected chi connectivity index (χ3v) is 3.11. The Morgan fingerprint density at radius 1 is 1.22 bits per heavy atom. The van der Waals surface area contributed by atoms with Crippen LogP contribution in [0.15, 0.2) is 30.6 Å². The maximum Gasteiger partial charge on any atom is 0.119 e. The molecule has 4 nitrogen and oxygen atoms in total. The van der Waals surface area contributed by atoms with Crippen molar-refractivity contribution < 1.29 is 4.74 Å². The van der Waals surface area contributed by atoms with E-state index in [-0.39, 0.29) is 0 Å². The van der Waals surface area contributed by atoms with Gasteiger partial charge in [0, 0.05) is 12.2 Å². The van der Waals surface area contributed by atoms with Gasteiger partial charge in [0.25, 0.3) is 0 Å². The van der Waals surface area contributed by atoms with Crippen molar-refractivity contribution in [1.82, 2.24) is 9.55 Å². The summed E-state index contributed by atoms with van der Waals surface area (Å²) in [4.78, 5) is 4.26. The quantitative estimate of drug-likeness (QED) is 0.877. The van der Waals surface area contributed by atoms with Gasteiger partial charge in [-0.05, 0) is 31.5 Å². The van der Waals surface area contributed by atoms with Crippen LogP contribution in [0.25, 0.3) is 0 Å².